The average Bonchev–Trinajstić information content (AvgIpc) is 2.48. The van der Waals surface area contributed by atoms with Crippen molar-refractivity contribution < 1.29 is 4.79 Å². The summed E-state index contributed by atoms with van der Waals surface area (Å²) in [5, 5.41) is 6.02. The zero-order valence-electron chi connectivity index (χ0n) is 11.1. The number of carbonyl (C=O) groups is 1. The number of halogens is 1. The van der Waals surface area contributed by atoms with Gasteiger partial charge in [0.25, 0.3) is 0 Å². The van der Waals surface area contributed by atoms with Crippen molar-refractivity contribution in [1.29, 1.82) is 0 Å². The summed E-state index contributed by atoms with van der Waals surface area (Å²) in [4.78, 5) is 15.8. The van der Waals surface area contributed by atoms with Crippen LogP contribution < -0.4 is 10.6 Å². The number of rotatable bonds is 5. The van der Waals surface area contributed by atoms with Gasteiger partial charge in [0.15, 0.2) is 0 Å². The van der Waals surface area contributed by atoms with Gasteiger partial charge in [-0.15, -0.1) is 0 Å². The largest absolute Gasteiger partial charge is 0.325 e. The predicted octanol–water partition coefficient (Wildman–Crippen LogP) is 3.13. The Hall–Kier alpha value is -1.72. The zero-order valence-corrected chi connectivity index (χ0v) is 12.7. The molecule has 0 spiro atoms. The number of nitrogens with one attached hydrogen (secondary N) is 2. The maximum Gasteiger partial charge on any atom is 0.238 e. The molecule has 4 nitrogen and oxygen atoms in total. The van der Waals surface area contributed by atoms with E-state index in [1.807, 2.05) is 43.3 Å². The fourth-order valence-electron chi connectivity index (χ4n) is 1.75. The quantitative estimate of drug-likeness (QED) is 0.883. The van der Waals surface area contributed by atoms with Crippen LogP contribution in [0.15, 0.2) is 53.3 Å². The summed E-state index contributed by atoms with van der Waals surface area (Å²) >= 11 is 3.36. The number of pyridine rings is 1. The number of hydrogen-bond acceptors (Lipinski definition) is 3. The van der Waals surface area contributed by atoms with Gasteiger partial charge in [0.2, 0.25) is 5.91 Å². The summed E-state index contributed by atoms with van der Waals surface area (Å²) in [6, 6.07) is 11.5. The summed E-state index contributed by atoms with van der Waals surface area (Å²) in [6.45, 7) is 2.28. The number of anilines is 1. The van der Waals surface area contributed by atoms with E-state index in [0.29, 0.717) is 0 Å². The van der Waals surface area contributed by atoms with Crippen LogP contribution in [0.3, 0.4) is 0 Å². The predicted molar refractivity (Wildman–Crippen MR) is 83.4 cm³/mol. The van der Waals surface area contributed by atoms with Gasteiger partial charge in [0.1, 0.15) is 0 Å². The van der Waals surface area contributed by atoms with Crippen molar-refractivity contribution in [3.05, 3.63) is 58.8 Å². The maximum absolute atomic E-state index is 11.8. The van der Waals surface area contributed by atoms with E-state index >= 15 is 0 Å². The van der Waals surface area contributed by atoms with Crippen LogP contribution in [0.4, 0.5) is 5.69 Å². The van der Waals surface area contributed by atoms with Crippen LogP contribution in [0.2, 0.25) is 0 Å². The minimum Gasteiger partial charge on any atom is -0.325 e. The third kappa shape index (κ3) is 4.43. The monoisotopic (exact) mass is 333 g/mol. The number of hydrogen-bond donors (Lipinski definition) is 2. The van der Waals surface area contributed by atoms with Crippen LogP contribution in [0, 0.1) is 0 Å². The van der Waals surface area contributed by atoms with E-state index in [4.69, 9.17) is 0 Å². The Kier molecular flexibility index (Phi) is 5.26. The molecule has 5 heteroatoms. The summed E-state index contributed by atoms with van der Waals surface area (Å²) < 4.78 is 0.986. The topological polar surface area (TPSA) is 54.0 Å². The third-order valence-electron chi connectivity index (χ3n) is 2.90. The van der Waals surface area contributed by atoms with Crippen molar-refractivity contribution in [3.8, 4) is 0 Å². The van der Waals surface area contributed by atoms with Gasteiger partial charge in [-0.2, -0.15) is 0 Å². The smallest absolute Gasteiger partial charge is 0.238 e. The van der Waals surface area contributed by atoms with Crippen LogP contribution >= 0.6 is 15.9 Å². The fraction of sp³-hybridized carbons (Fsp3) is 0.200. The molecule has 0 fully saturated rings. The maximum atomic E-state index is 11.8. The van der Waals surface area contributed by atoms with Gasteiger partial charge in [-0.3, -0.25) is 9.78 Å². The molecule has 2 aromatic rings. The highest BCUT2D eigenvalue weighted by Gasteiger charge is 2.07. The van der Waals surface area contributed by atoms with Crippen LogP contribution in [-0.2, 0) is 4.79 Å². The van der Waals surface area contributed by atoms with Crippen molar-refractivity contribution in [2.45, 2.75) is 13.0 Å². The molecule has 104 valence electrons. The van der Waals surface area contributed by atoms with Gasteiger partial charge >= 0.3 is 0 Å². The molecule has 0 aliphatic heterocycles. The molecule has 0 saturated heterocycles. The van der Waals surface area contributed by atoms with E-state index < -0.39 is 0 Å². The van der Waals surface area contributed by atoms with Crippen LogP contribution in [0.5, 0.6) is 0 Å². The van der Waals surface area contributed by atoms with Gasteiger partial charge in [-0.25, -0.2) is 0 Å². The first kappa shape index (κ1) is 14.7. The summed E-state index contributed by atoms with van der Waals surface area (Å²) in [5.74, 6) is -0.0618. The van der Waals surface area contributed by atoms with Gasteiger partial charge < -0.3 is 10.6 Å². The molecule has 1 heterocycles. The molecule has 2 rings (SSSR count). The normalized spacial score (nSPS) is 11.9. The second kappa shape index (κ2) is 7.17. The lowest BCUT2D eigenvalue weighted by atomic mass is 10.1. The van der Waals surface area contributed by atoms with E-state index in [1.54, 1.807) is 12.4 Å². The molecular weight excluding hydrogens is 318 g/mol. The lowest BCUT2D eigenvalue weighted by Gasteiger charge is -2.13. The molecule has 0 radical (unpaired) electrons. The Morgan fingerprint density at radius 1 is 1.20 bits per heavy atom. The second-order valence-corrected chi connectivity index (χ2v) is 5.35. The highest BCUT2D eigenvalue weighted by atomic mass is 79.9. The van der Waals surface area contributed by atoms with Crippen molar-refractivity contribution in [1.82, 2.24) is 10.3 Å². The Morgan fingerprint density at radius 3 is 2.50 bits per heavy atom. The number of carbonyl (C=O) groups excluding carboxylic acids is 1. The van der Waals surface area contributed by atoms with Gasteiger partial charge in [-0.1, -0.05) is 15.9 Å². The summed E-state index contributed by atoms with van der Waals surface area (Å²) in [7, 11) is 0. The SMILES string of the molecule is C[C@@H](NCC(=O)Nc1ccc(Br)cc1)c1ccncc1. The van der Waals surface area contributed by atoms with Crippen LogP contribution in [-0.4, -0.2) is 17.4 Å². The Labute approximate surface area is 126 Å². The molecular formula is C15H16BrN3O. The molecule has 0 unspecified atom stereocenters. The van der Waals surface area contributed by atoms with Crippen molar-refractivity contribution in [2.75, 3.05) is 11.9 Å². The second-order valence-electron chi connectivity index (χ2n) is 4.44. The number of aromatic nitrogens is 1. The zero-order chi connectivity index (χ0) is 14.4. The van der Waals surface area contributed by atoms with Crippen molar-refractivity contribution in [2.24, 2.45) is 0 Å². The number of amides is 1. The summed E-state index contributed by atoms with van der Waals surface area (Å²) in [6.07, 6.45) is 3.49. The first-order chi connectivity index (χ1) is 9.65. The fourth-order valence-corrected chi connectivity index (χ4v) is 2.02. The van der Waals surface area contributed by atoms with Gasteiger partial charge in [-0.05, 0) is 48.9 Å². The molecule has 2 N–H and O–H groups in total. The standard InChI is InChI=1S/C15H16BrN3O/c1-11(12-6-8-17-9-7-12)18-10-15(20)19-14-4-2-13(16)3-5-14/h2-9,11,18H,10H2,1H3,(H,19,20)/t11-/m1/s1. The molecule has 1 atom stereocenters. The lowest BCUT2D eigenvalue weighted by molar-refractivity contribution is -0.115. The van der Waals surface area contributed by atoms with Crippen molar-refractivity contribution in [3.63, 3.8) is 0 Å². The molecule has 20 heavy (non-hydrogen) atoms. The Morgan fingerprint density at radius 2 is 1.85 bits per heavy atom. The minimum atomic E-state index is -0.0618. The van der Waals surface area contributed by atoms with E-state index in [9.17, 15) is 4.79 Å². The Balaban J connectivity index is 1.82. The summed E-state index contributed by atoms with van der Waals surface area (Å²) in [5.41, 5.74) is 1.90. The molecule has 1 aromatic carbocycles. The van der Waals surface area contributed by atoms with E-state index in [2.05, 4.69) is 31.5 Å². The number of nitrogens with zero attached hydrogens (tertiary/aromatic N) is 1. The van der Waals surface area contributed by atoms with Crippen LogP contribution in [0.1, 0.15) is 18.5 Å². The van der Waals surface area contributed by atoms with E-state index in [1.165, 1.54) is 0 Å². The minimum absolute atomic E-state index is 0.0618. The highest BCUT2D eigenvalue weighted by Crippen LogP contribution is 2.14. The molecule has 0 aliphatic rings. The average molecular weight is 334 g/mol. The van der Waals surface area contributed by atoms with Gasteiger partial charge in [0.05, 0.1) is 6.54 Å². The van der Waals surface area contributed by atoms with E-state index in [-0.39, 0.29) is 18.5 Å². The third-order valence-corrected chi connectivity index (χ3v) is 3.43. The van der Waals surface area contributed by atoms with Crippen molar-refractivity contribution >= 4 is 27.5 Å². The number of benzene rings is 1. The first-order valence-electron chi connectivity index (χ1n) is 6.34. The molecule has 0 saturated carbocycles. The highest BCUT2D eigenvalue weighted by molar-refractivity contribution is 9.10. The first-order valence-corrected chi connectivity index (χ1v) is 7.13. The molecule has 0 aliphatic carbocycles. The van der Waals surface area contributed by atoms with E-state index in [0.717, 1.165) is 15.7 Å². The van der Waals surface area contributed by atoms with Gasteiger partial charge in [0, 0.05) is 28.6 Å². The molecule has 0 bridgehead atoms. The molecule has 1 amide bonds. The molecule has 1 aromatic heterocycles. The van der Waals surface area contributed by atoms with Crippen LogP contribution in [0.25, 0.3) is 0 Å². The Bertz CT molecular complexity index is 557. The lowest BCUT2D eigenvalue weighted by Crippen LogP contribution is -2.30.